The van der Waals surface area contributed by atoms with Crippen LogP contribution < -0.4 is 0 Å². The van der Waals surface area contributed by atoms with Crippen LogP contribution in [0, 0.1) is 18.7 Å². The molecule has 3 rings (SSSR count). The fourth-order valence-corrected chi connectivity index (χ4v) is 3.08. The lowest BCUT2D eigenvalue weighted by atomic mass is 9.94. The van der Waals surface area contributed by atoms with E-state index < -0.39 is 0 Å². The van der Waals surface area contributed by atoms with Crippen LogP contribution in [0.15, 0.2) is 18.2 Å². The molecule has 2 aliphatic rings. The molecule has 2 atom stereocenters. The third-order valence-corrected chi connectivity index (χ3v) is 4.06. The lowest BCUT2D eigenvalue weighted by molar-refractivity contribution is 0.363. The number of likely N-dealkylation sites (tertiary alicyclic amines) is 1. The number of rotatable bonds is 1. The van der Waals surface area contributed by atoms with Crippen molar-refractivity contribution in [2.24, 2.45) is 5.92 Å². The van der Waals surface area contributed by atoms with E-state index in [0.717, 1.165) is 18.0 Å². The molecule has 1 heterocycles. The Labute approximate surface area is 89.9 Å². The van der Waals surface area contributed by atoms with Crippen molar-refractivity contribution in [2.45, 2.75) is 18.8 Å². The highest BCUT2D eigenvalue weighted by Crippen LogP contribution is 2.58. The zero-order valence-electron chi connectivity index (χ0n) is 9.26. The predicted molar refractivity (Wildman–Crippen MR) is 58.4 cm³/mol. The lowest BCUT2D eigenvalue weighted by Gasteiger charge is -2.16. The van der Waals surface area contributed by atoms with E-state index in [2.05, 4.69) is 18.0 Å². The zero-order chi connectivity index (χ0) is 10.6. The highest BCUT2D eigenvalue weighted by molar-refractivity contribution is 5.38. The summed E-state index contributed by atoms with van der Waals surface area (Å²) in [6.07, 6.45) is 1.25. The molecule has 0 radical (unpaired) electrons. The van der Waals surface area contributed by atoms with Gasteiger partial charge in [0.15, 0.2) is 0 Å². The third-order valence-electron chi connectivity index (χ3n) is 4.06. The minimum atomic E-state index is -0.0536. The van der Waals surface area contributed by atoms with Crippen LogP contribution in [-0.2, 0) is 5.41 Å². The maximum Gasteiger partial charge on any atom is 0.126 e. The normalized spacial score (nSPS) is 34.2. The molecule has 0 aromatic heterocycles. The van der Waals surface area contributed by atoms with Crippen molar-refractivity contribution in [2.75, 3.05) is 20.1 Å². The molecule has 1 saturated heterocycles. The molecule has 2 fully saturated rings. The number of aryl methyl sites for hydroxylation is 1. The van der Waals surface area contributed by atoms with E-state index in [9.17, 15) is 4.39 Å². The van der Waals surface area contributed by atoms with Crippen LogP contribution in [0.3, 0.4) is 0 Å². The minimum Gasteiger partial charge on any atom is -0.305 e. The Hall–Kier alpha value is -0.890. The molecule has 1 nitrogen and oxygen atoms in total. The average molecular weight is 205 g/mol. The first-order valence-corrected chi connectivity index (χ1v) is 5.57. The molecule has 0 bridgehead atoms. The molecule has 1 aliphatic heterocycles. The topological polar surface area (TPSA) is 3.24 Å². The number of hydrogen-bond donors (Lipinski definition) is 0. The molecule has 1 saturated carbocycles. The van der Waals surface area contributed by atoms with Crippen molar-refractivity contribution in [1.29, 1.82) is 0 Å². The van der Waals surface area contributed by atoms with E-state index >= 15 is 0 Å². The molecule has 0 unspecified atom stereocenters. The van der Waals surface area contributed by atoms with E-state index in [1.165, 1.54) is 18.5 Å². The van der Waals surface area contributed by atoms with Crippen LogP contribution in [0.2, 0.25) is 0 Å². The Balaban J connectivity index is 1.97. The summed E-state index contributed by atoms with van der Waals surface area (Å²) in [5, 5.41) is 0. The van der Waals surface area contributed by atoms with Crippen LogP contribution in [-0.4, -0.2) is 25.0 Å². The molecule has 0 N–H and O–H groups in total. The van der Waals surface area contributed by atoms with Gasteiger partial charge in [-0.2, -0.15) is 0 Å². The molecular formula is C13H16FN. The Morgan fingerprint density at radius 2 is 2.27 bits per heavy atom. The van der Waals surface area contributed by atoms with E-state index in [-0.39, 0.29) is 5.82 Å². The molecule has 80 valence electrons. The van der Waals surface area contributed by atoms with Gasteiger partial charge in [0.2, 0.25) is 0 Å². The largest absolute Gasteiger partial charge is 0.305 e. The van der Waals surface area contributed by atoms with E-state index in [4.69, 9.17) is 0 Å². The highest BCUT2D eigenvalue weighted by Gasteiger charge is 2.59. The van der Waals surface area contributed by atoms with Crippen LogP contribution in [0.1, 0.15) is 17.5 Å². The van der Waals surface area contributed by atoms with Crippen LogP contribution in [0.4, 0.5) is 4.39 Å². The van der Waals surface area contributed by atoms with Gasteiger partial charge in [-0.3, -0.25) is 0 Å². The van der Waals surface area contributed by atoms with Gasteiger partial charge < -0.3 is 4.90 Å². The maximum atomic E-state index is 13.5. The number of nitrogens with zero attached hydrogens (tertiary/aromatic N) is 1. The van der Waals surface area contributed by atoms with Gasteiger partial charge in [-0.05, 0) is 43.5 Å². The summed E-state index contributed by atoms with van der Waals surface area (Å²) < 4.78 is 13.5. The molecule has 0 spiro atoms. The zero-order valence-corrected chi connectivity index (χ0v) is 9.26. The van der Waals surface area contributed by atoms with E-state index in [1.807, 2.05) is 13.0 Å². The average Bonchev–Trinajstić information content (AvgIpc) is 2.75. The van der Waals surface area contributed by atoms with Crippen molar-refractivity contribution in [3.63, 3.8) is 0 Å². The summed E-state index contributed by atoms with van der Waals surface area (Å²) >= 11 is 0. The number of halogens is 1. The summed E-state index contributed by atoms with van der Waals surface area (Å²) in [4.78, 5) is 2.35. The van der Waals surface area contributed by atoms with Crippen molar-refractivity contribution in [3.05, 3.63) is 35.1 Å². The molecule has 1 aromatic rings. The Kier molecular flexibility index (Phi) is 1.76. The highest BCUT2D eigenvalue weighted by atomic mass is 19.1. The fourth-order valence-electron chi connectivity index (χ4n) is 3.08. The van der Waals surface area contributed by atoms with Gasteiger partial charge in [0.1, 0.15) is 5.82 Å². The second kappa shape index (κ2) is 2.82. The molecule has 1 aliphatic carbocycles. The second-order valence-electron chi connectivity index (χ2n) is 5.22. The van der Waals surface area contributed by atoms with Crippen LogP contribution in [0.25, 0.3) is 0 Å². The second-order valence-corrected chi connectivity index (χ2v) is 5.22. The van der Waals surface area contributed by atoms with E-state index in [1.54, 1.807) is 6.07 Å². The Morgan fingerprint density at radius 3 is 2.87 bits per heavy atom. The summed E-state index contributed by atoms with van der Waals surface area (Å²) in [6.45, 7) is 4.09. The smallest absolute Gasteiger partial charge is 0.126 e. The molecule has 1 aromatic carbocycles. The van der Waals surface area contributed by atoms with E-state index in [0.29, 0.717) is 5.41 Å². The van der Waals surface area contributed by atoms with Gasteiger partial charge in [-0.25, -0.2) is 4.39 Å². The summed E-state index contributed by atoms with van der Waals surface area (Å²) in [5.41, 5.74) is 2.25. The van der Waals surface area contributed by atoms with Crippen LogP contribution >= 0.6 is 0 Å². The molecule has 15 heavy (non-hydrogen) atoms. The lowest BCUT2D eigenvalue weighted by Crippen LogP contribution is -2.22. The quantitative estimate of drug-likeness (QED) is 0.680. The van der Waals surface area contributed by atoms with Crippen molar-refractivity contribution in [1.82, 2.24) is 4.90 Å². The van der Waals surface area contributed by atoms with Crippen molar-refractivity contribution < 1.29 is 4.39 Å². The van der Waals surface area contributed by atoms with Gasteiger partial charge in [-0.15, -0.1) is 0 Å². The van der Waals surface area contributed by atoms with Gasteiger partial charge in [0.25, 0.3) is 0 Å². The minimum absolute atomic E-state index is 0.0536. The van der Waals surface area contributed by atoms with Gasteiger partial charge >= 0.3 is 0 Å². The summed E-state index contributed by atoms with van der Waals surface area (Å²) in [7, 11) is 2.15. The van der Waals surface area contributed by atoms with Gasteiger partial charge in [0, 0.05) is 18.5 Å². The predicted octanol–water partition coefficient (Wildman–Crippen LogP) is 2.34. The van der Waals surface area contributed by atoms with Gasteiger partial charge in [-0.1, -0.05) is 12.1 Å². The van der Waals surface area contributed by atoms with Gasteiger partial charge in [0.05, 0.1) is 0 Å². The summed E-state index contributed by atoms with van der Waals surface area (Å²) in [6, 6.07) is 5.76. The maximum absolute atomic E-state index is 13.5. The van der Waals surface area contributed by atoms with Crippen LogP contribution in [0.5, 0.6) is 0 Å². The number of benzene rings is 1. The fraction of sp³-hybridized carbons (Fsp3) is 0.538. The van der Waals surface area contributed by atoms with Crippen molar-refractivity contribution >= 4 is 0 Å². The SMILES string of the molecule is Cc1ccc([C@]23C[C@H]2CN(C)C3)cc1F. The number of likely N-dealkylation sites (N-methyl/N-ethyl adjacent to an activating group) is 1. The first-order valence-electron chi connectivity index (χ1n) is 5.57. The standard InChI is InChI=1S/C13H16FN/c1-9-3-4-10(5-12(9)14)13-6-11(13)7-15(2)8-13/h3-5,11H,6-8H2,1-2H3/t11-,13+/m0/s1. The number of piperidine rings is 1. The first kappa shape index (κ1) is 9.34. The monoisotopic (exact) mass is 205 g/mol. The van der Waals surface area contributed by atoms with Crippen molar-refractivity contribution in [3.8, 4) is 0 Å². The summed E-state index contributed by atoms with van der Waals surface area (Å²) in [5.74, 6) is 0.715. The number of fused-ring (bicyclic) bond motifs is 1. The first-order chi connectivity index (χ1) is 7.12. The Bertz CT molecular complexity index is 415. The third kappa shape index (κ3) is 1.24. The molecule has 2 heteroatoms. The molecule has 0 amide bonds. The number of hydrogen-bond acceptors (Lipinski definition) is 1. The Morgan fingerprint density at radius 1 is 1.47 bits per heavy atom. The molecular weight excluding hydrogens is 189 g/mol.